The molecular formula is C15H15FN2O2. The molecule has 0 bridgehead atoms. The van der Waals surface area contributed by atoms with Gasteiger partial charge >= 0.3 is 0 Å². The number of nitro groups is 1. The van der Waals surface area contributed by atoms with Gasteiger partial charge in [-0.1, -0.05) is 24.3 Å². The summed E-state index contributed by atoms with van der Waals surface area (Å²) in [7, 11) is 0. The second-order valence-corrected chi connectivity index (χ2v) is 4.64. The van der Waals surface area contributed by atoms with E-state index in [4.69, 9.17) is 0 Å². The first-order valence-electron chi connectivity index (χ1n) is 6.25. The minimum absolute atomic E-state index is 0.111. The Hall–Kier alpha value is -2.43. The molecule has 2 rings (SSSR count). The van der Waals surface area contributed by atoms with Crippen molar-refractivity contribution in [3.8, 4) is 0 Å². The summed E-state index contributed by atoms with van der Waals surface area (Å²) in [6, 6.07) is 11.2. The predicted molar refractivity (Wildman–Crippen MR) is 76.3 cm³/mol. The summed E-state index contributed by atoms with van der Waals surface area (Å²) in [6.45, 7) is 3.89. The molecule has 0 aliphatic rings. The number of benzene rings is 2. The fourth-order valence-corrected chi connectivity index (χ4v) is 2.16. The molecule has 1 unspecified atom stereocenters. The monoisotopic (exact) mass is 274 g/mol. The topological polar surface area (TPSA) is 55.2 Å². The quantitative estimate of drug-likeness (QED) is 0.671. The van der Waals surface area contributed by atoms with Crippen molar-refractivity contribution >= 4 is 11.4 Å². The molecule has 0 saturated carbocycles. The van der Waals surface area contributed by atoms with E-state index < -0.39 is 10.7 Å². The Kier molecular flexibility index (Phi) is 3.98. The molecule has 1 N–H and O–H groups in total. The second-order valence-electron chi connectivity index (χ2n) is 4.64. The summed E-state index contributed by atoms with van der Waals surface area (Å²) in [5, 5.41) is 14.0. The number of rotatable bonds is 4. The lowest BCUT2D eigenvalue weighted by atomic mass is 10.0. The molecule has 0 spiro atoms. The first kappa shape index (κ1) is 14.0. The van der Waals surface area contributed by atoms with Crippen LogP contribution in [0.5, 0.6) is 0 Å². The number of nitrogens with zero attached hydrogens (tertiary/aromatic N) is 1. The van der Waals surface area contributed by atoms with Gasteiger partial charge in [-0.3, -0.25) is 10.1 Å². The van der Waals surface area contributed by atoms with Gasteiger partial charge in [0.2, 0.25) is 0 Å². The molecule has 0 aromatic heterocycles. The van der Waals surface area contributed by atoms with Crippen LogP contribution >= 0.6 is 0 Å². The van der Waals surface area contributed by atoms with Crippen LogP contribution in [0.15, 0.2) is 42.5 Å². The van der Waals surface area contributed by atoms with Gasteiger partial charge in [-0.25, -0.2) is 4.39 Å². The van der Waals surface area contributed by atoms with Crippen molar-refractivity contribution in [2.24, 2.45) is 0 Å². The molecule has 0 aliphatic heterocycles. The molecule has 0 saturated heterocycles. The van der Waals surface area contributed by atoms with Crippen LogP contribution in [-0.4, -0.2) is 4.92 Å². The zero-order chi connectivity index (χ0) is 14.7. The first-order valence-corrected chi connectivity index (χ1v) is 6.25. The van der Waals surface area contributed by atoms with E-state index in [0.717, 1.165) is 17.2 Å². The van der Waals surface area contributed by atoms with E-state index in [2.05, 4.69) is 5.32 Å². The van der Waals surface area contributed by atoms with E-state index >= 15 is 0 Å². The van der Waals surface area contributed by atoms with Gasteiger partial charge in [0.15, 0.2) is 0 Å². The van der Waals surface area contributed by atoms with E-state index in [1.54, 1.807) is 0 Å². The van der Waals surface area contributed by atoms with Crippen molar-refractivity contribution in [3.63, 3.8) is 0 Å². The third-order valence-corrected chi connectivity index (χ3v) is 3.18. The Labute approximate surface area is 116 Å². The highest BCUT2D eigenvalue weighted by Crippen LogP contribution is 2.29. The zero-order valence-corrected chi connectivity index (χ0v) is 11.3. The number of hydrogen-bond donors (Lipinski definition) is 1. The van der Waals surface area contributed by atoms with Gasteiger partial charge in [0, 0.05) is 6.04 Å². The van der Waals surface area contributed by atoms with Crippen LogP contribution in [-0.2, 0) is 0 Å². The highest BCUT2D eigenvalue weighted by Gasteiger charge is 2.17. The van der Waals surface area contributed by atoms with Crippen LogP contribution in [0.2, 0.25) is 0 Å². The fourth-order valence-electron chi connectivity index (χ4n) is 2.16. The van der Waals surface area contributed by atoms with Crippen LogP contribution in [0.25, 0.3) is 0 Å². The maximum Gasteiger partial charge on any atom is 0.295 e. The smallest absolute Gasteiger partial charge is 0.295 e. The SMILES string of the molecule is Cc1ccccc1C(C)Nc1ccc(F)cc1[N+](=O)[O-]. The standard InChI is InChI=1S/C15H15FN2O2/c1-10-5-3-4-6-13(10)11(2)17-14-8-7-12(16)9-15(14)18(19)20/h3-9,11,17H,1-2H3. The molecule has 0 aliphatic carbocycles. The molecule has 0 amide bonds. The Morgan fingerprint density at radius 1 is 1.25 bits per heavy atom. The second kappa shape index (κ2) is 5.69. The van der Waals surface area contributed by atoms with Crippen LogP contribution in [0, 0.1) is 22.9 Å². The van der Waals surface area contributed by atoms with Crippen LogP contribution in [0.1, 0.15) is 24.1 Å². The van der Waals surface area contributed by atoms with Crippen molar-refractivity contribution in [2.45, 2.75) is 19.9 Å². The highest BCUT2D eigenvalue weighted by molar-refractivity contribution is 5.62. The Morgan fingerprint density at radius 3 is 2.60 bits per heavy atom. The Balaban J connectivity index is 2.31. The first-order chi connectivity index (χ1) is 9.49. The summed E-state index contributed by atoms with van der Waals surface area (Å²) < 4.78 is 13.1. The normalized spacial score (nSPS) is 11.9. The summed E-state index contributed by atoms with van der Waals surface area (Å²) in [4.78, 5) is 10.4. The average molecular weight is 274 g/mol. The van der Waals surface area contributed by atoms with Gasteiger partial charge < -0.3 is 5.32 Å². The average Bonchev–Trinajstić information content (AvgIpc) is 2.41. The molecule has 2 aromatic rings. The van der Waals surface area contributed by atoms with Crippen molar-refractivity contribution in [2.75, 3.05) is 5.32 Å². The van der Waals surface area contributed by atoms with Crippen molar-refractivity contribution < 1.29 is 9.31 Å². The Morgan fingerprint density at radius 2 is 1.95 bits per heavy atom. The van der Waals surface area contributed by atoms with E-state index in [0.29, 0.717) is 5.69 Å². The third-order valence-electron chi connectivity index (χ3n) is 3.18. The number of hydrogen-bond acceptors (Lipinski definition) is 3. The zero-order valence-electron chi connectivity index (χ0n) is 11.3. The lowest BCUT2D eigenvalue weighted by Gasteiger charge is -2.17. The summed E-state index contributed by atoms with van der Waals surface area (Å²) in [5.74, 6) is -0.620. The molecule has 4 nitrogen and oxygen atoms in total. The number of anilines is 1. The lowest BCUT2D eigenvalue weighted by Crippen LogP contribution is -2.09. The van der Waals surface area contributed by atoms with Crippen molar-refractivity contribution in [3.05, 3.63) is 69.5 Å². The molecule has 1 atom stereocenters. The van der Waals surface area contributed by atoms with Crippen molar-refractivity contribution in [1.82, 2.24) is 0 Å². The Bertz CT molecular complexity index is 644. The van der Waals surface area contributed by atoms with E-state index in [1.807, 2.05) is 38.1 Å². The highest BCUT2D eigenvalue weighted by atomic mass is 19.1. The van der Waals surface area contributed by atoms with Gasteiger partial charge in [-0.2, -0.15) is 0 Å². The molecule has 20 heavy (non-hydrogen) atoms. The van der Waals surface area contributed by atoms with Gasteiger partial charge in [-0.05, 0) is 37.1 Å². The van der Waals surface area contributed by atoms with Crippen LogP contribution in [0.4, 0.5) is 15.8 Å². The maximum atomic E-state index is 13.1. The maximum absolute atomic E-state index is 13.1. The van der Waals surface area contributed by atoms with Crippen LogP contribution < -0.4 is 5.32 Å². The molecule has 104 valence electrons. The summed E-state index contributed by atoms with van der Waals surface area (Å²) >= 11 is 0. The van der Waals surface area contributed by atoms with E-state index in [-0.39, 0.29) is 11.7 Å². The fraction of sp³-hybridized carbons (Fsp3) is 0.200. The van der Waals surface area contributed by atoms with Gasteiger partial charge in [0.05, 0.1) is 11.0 Å². The number of halogens is 1. The number of nitrogens with one attached hydrogen (secondary N) is 1. The predicted octanol–water partition coefficient (Wildman–Crippen LogP) is 4.22. The summed E-state index contributed by atoms with van der Waals surface area (Å²) in [5.41, 5.74) is 2.20. The van der Waals surface area contributed by atoms with E-state index in [9.17, 15) is 14.5 Å². The number of aryl methyl sites for hydroxylation is 1. The van der Waals surface area contributed by atoms with Crippen molar-refractivity contribution in [1.29, 1.82) is 0 Å². The molecule has 5 heteroatoms. The number of nitro benzene ring substituents is 1. The molecular weight excluding hydrogens is 259 g/mol. The molecule has 0 radical (unpaired) electrons. The largest absolute Gasteiger partial charge is 0.373 e. The van der Waals surface area contributed by atoms with E-state index in [1.165, 1.54) is 12.1 Å². The third kappa shape index (κ3) is 2.93. The summed E-state index contributed by atoms with van der Waals surface area (Å²) in [6.07, 6.45) is 0. The lowest BCUT2D eigenvalue weighted by molar-refractivity contribution is -0.384. The van der Waals surface area contributed by atoms with Gasteiger partial charge in [-0.15, -0.1) is 0 Å². The van der Waals surface area contributed by atoms with Gasteiger partial charge in [0.1, 0.15) is 11.5 Å². The van der Waals surface area contributed by atoms with Crippen LogP contribution in [0.3, 0.4) is 0 Å². The molecule has 0 fully saturated rings. The van der Waals surface area contributed by atoms with Gasteiger partial charge in [0.25, 0.3) is 5.69 Å². The molecule has 2 aromatic carbocycles. The minimum atomic E-state index is -0.620. The molecule has 0 heterocycles. The minimum Gasteiger partial charge on any atom is -0.373 e.